The largest absolute Gasteiger partial charge is 0.335 e. The zero-order chi connectivity index (χ0) is 26.6. The Labute approximate surface area is 229 Å². The lowest BCUT2D eigenvalue weighted by Crippen LogP contribution is -2.58. The molecule has 3 heterocycles. The number of thiazole rings is 1. The second-order valence-electron chi connectivity index (χ2n) is 11.4. The molecule has 3 fully saturated rings. The van der Waals surface area contributed by atoms with E-state index in [1.165, 1.54) is 55.9 Å². The van der Waals surface area contributed by atoms with E-state index < -0.39 is 0 Å². The molecule has 5 rings (SSSR count). The SMILES string of the molecule is CC(=O)c1sc(NC(=O)N[C@@H]2CCN(C3CCC3)C[C@H]2CN2CCCC(Cc3ccc(F)cc3)C2)nc1C. The summed E-state index contributed by atoms with van der Waals surface area (Å²) in [5.74, 6) is 0.708. The molecule has 2 N–H and O–H groups in total. The number of nitrogens with one attached hydrogen (secondary N) is 2. The van der Waals surface area contributed by atoms with Gasteiger partial charge in [-0.1, -0.05) is 29.9 Å². The van der Waals surface area contributed by atoms with E-state index in [1.807, 2.05) is 12.1 Å². The highest BCUT2D eigenvalue weighted by Gasteiger charge is 2.36. The molecule has 2 aliphatic heterocycles. The number of urea groups is 1. The van der Waals surface area contributed by atoms with Crippen molar-refractivity contribution in [1.29, 1.82) is 0 Å². The van der Waals surface area contributed by atoms with Gasteiger partial charge in [-0.3, -0.25) is 15.0 Å². The predicted molar refractivity (Wildman–Crippen MR) is 149 cm³/mol. The Hall–Kier alpha value is -2.36. The summed E-state index contributed by atoms with van der Waals surface area (Å²) in [7, 11) is 0. The van der Waals surface area contributed by atoms with E-state index in [0.717, 1.165) is 45.6 Å². The molecule has 2 saturated heterocycles. The maximum Gasteiger partial charge on any atom is 0.321 e. The van der Waals surface area contributed by atoms with Gasteiger partial charge in [0.05, 0.1) is 10.6 Å². The fourth-order valence-corrected chi connectivity index (χ4v) is 7.22. The van der Waals surface area contributed by atoms with Crippen molar-refractivity contribution in [2.24, 2.45) is 11.8 Å². The van der Waals surface area contributed by atoms with Gasteiger partial charge >= 0.3 is 6.03 Å². The number of Topliss-reactive ketones (excluding diaryl/α,β-unsaturated/α-hetero) is 1. The van der Waals surface area contributed by atoms with Gasteiger partial charge in [-0.15, -0.1) is 0 Å². The number of likely N-dealkylation sites (tertiary alicyclic amines) is 2. The molecule has 0 bridgehead atoms. The fourth-order valence-electron chi connectivity index (χ4n) is 6.37. The number of piperidine rings is 2. The number of halogens is 1. The number of hydrogen-bond donors (Lipinski definition) is 2. The highest BCUT2D eigenvalue weighted by Crippen LogP contribution is 2.31. The van der Waals surface area contributed by atoms with E-state index in [4.69, 9.17) is 0 Å². The maximum absolute atomic E-state index is 13.3. The quantitative estimate of drug-likeness (QED) is 0.454. The molecule has 7 nitrogen and oxygen atoms in total. The Bertz CT molecular complexity index is 1120. The Kier molecular flexibility index (Phi) is 8.75. The first-order valence-corrected chi connectivity index (χ1v) is 14.9. The van der Waals surface area contributed by atoms with Crippen LogP contribution in [0.3, 0.4) is 0 Å². The first kappa shape index (κ1) is 27.2. The van der Waals surface area contributed by atoms with Gasteiger partial charge in [-0.25, -0.2) is 14.2 Å². The Balaban J connectivity index is 1.21. The lowest BCUT2D eigenvalue weighted by Gasteiger charge is -2.47. The monoisotopic (exact) mass is 541 g/mol. The molecule has 1 unspecified atom stereocenters. The summed E-state index contributed by atoms with van der Waals surface area (Å²) in [5.41, 5.74) is 1.86. The Morgan fingerprint density at radius 1 is 1.08 bits per heavy atom. The average molecular weight is 542 g/mol. The number of benzene rings is 1. The molecular formula is C29H40FN5O2S. The molecule has 2 aromatic rings. The molecule has 9 heteroatoms. The molecule has 2 amide bonds. The van der Waals surface area contributed by atoms with Crippen molar-refractivity contribution >= 4 is 28.3 Å². The van der Waals surface area contributed by atoms with Crippen molar-refractivity contribution in [3.63, 3.8) is 0 Å². The third-order valence-corrected chi connectivity index (χ3v) is 9.72. The van der Waals surface area contributed by atoms with Crippen molar-refractivity contribution in [2.75, 3.05) is 38.0 Å². The van der Waals surface area contributed by atoms with Crippen LogP contribution in [0, 0.1) is 24.6 Å². The number of anilines is 1. The lowest BCUT2D eigenvalue weighted by atomic mass is 9.84. The third kappa shape index (κ3) is 6.79. The Morgan fingerprint density at radius 3 is 2.55 bits per heavy atom. The first-order chi connectivity index (χ1) is 18.3. The zero-order valence-corrected chi connectivity index (χ0v) is 23.4. The van der Waals surface area contributed by atoms with Gasteiger partial charge in [-0.05, 0) is 75.6 Å². The molecule has 1 aliphatic carbocycles. The van der Waals surface area contributed by atoms with Crippen molar-refractivity contribution in [1.82, 2.24) is 20.1 Å². The molecule has 38 heavy (non-hydrogen) atoms. The summed E-state index contributed by atoms with van der Waals surface area (Å²) >= 11 is 1.23. The van der Waals surface area contributed by atoms with Gasteiger partial charge in [0.1, 0.15) is 5.82 Å². The van der Waals surface area contributed by atoms with Gasteiger partial charge in [0.2, 0.25) is 0 Å². The van der Waals surface area contributed by atoms with Crippen LogP contribution in [0.15, 0.2) is 24.3 Å². The van der Waals surface area contributed by atoms with E-state index in [9.17, 15) is 14.0 Å². The summed E-state index contributed by atoms with van der Waals surface area (Å²) in [5, 5.41) is 6.60. The van der Waals surface area contributed by atoms with E-state index in [0.29, 0.717) is 33.6 Å². The Morgan fingerprint density at radius 2 is 1.87 bits per heavy atom. The van der Waals surface area contributed by atoms with Crippen LogP contribution in [-0.2, 0) is 6.42 Å². The molecular weight excluding hydrogens is 501 g/mol. The number of aromatic nitrogens is 1. The van der Waals surface area contributed by atoms with Crippen LogP contribution in [-0.4, -0.2) is 71.4 Å². The molecule has 1 aromatic carbocycles. The van der Waals surface area contributed by atoms with Crippen LogP contribution in [0.1, 0.15) is 66.4 Å². The molecule has 1 saturated carbocycles. The van der Waals surface area contributed by atoms with Crippen molar-refractivity contribution < 1.29 is 14.0 Å². The van der Waals surface area contributed by atoms with Crippen molar-refractivity contribution in [3.05, 3.63) is 46.2 Å². The van der Waals surface area contributed by atoms with E-state index in [-0.39, 0.29) is 23.7 Å². The van der Waals surface area contributed by atoms with Gasteiger partial charge < -0.3 is 10.2 Å². The maximum atomic E-state index is 13.3. The number of aryl methyl sites for hydroxylation is 1. The summed E-state index contributed by atoms with van der Waals surface area (Å²) < 4.78 is 13.3. The first-order valence-electron chi connectivity index (χ1n) is 14.1. The van der Waals surface area contributed by atoms with Crippen LogP contribution in [0.5, 0.6) is 0 Å². The number of ketones is 1. The van der Waals surface area contributed by atoms with E-state index >= 15 is 0 Å². The summed E-state index contributed by atoms with van der Waals surface area (Å²) in [6, 6.07) is 7.49. The molecule has 1 aromatic heterocycles. The highest BCUT2D eigenvalue weighted by molar-refractivity contribution is 7.17. The van der Waals surface area contributed by atoms with Crippen LogP contribution in [0.25, 0.3) is 0 Å². The number of amides is 2. The van der Waals surface area contributed by atoms with Crippen molar-refractivity contribution in [2.45, 2.75) is 70.9 Å². The molecule has 3 atom stereocenters. The molecule has 0 radical (unpaired) electrons. The molecule has 3 aliphatic rings. The van der Waals surface area contributed by atoms with E-state index in [1.54, 1.807) is 19.1 Å². The zero-order valence-electron chi connectivity index (χ0n) is 22.5. The van der Waals surface area contributed by atoms with Crippen LogP contribution in [0.4, 0.5) is 14.3 Å². The number of rotatable bonds is 8. The summed E-state index contributed by atoms with van der Waals surface area (Å²) in [6.07, 6.45) is 8.19. The van der Waals surface area contributed by atoms with Crippen LogP contribution < -0.4 is 10.6 Å². The molecule has 206 valence electrons. The lowest BCUT2D eigenvalue weighted by molar-refractivity contribution is 0.0396. The predicted octanol–water partition coefficient (Wildman–Crippen LogP) is 5.11. The second-order valence-corrected chi connectivity index (χ2v) is 12.4. The fraction of sp³-hybridized carbons (Fsp3) is 0.621. The third-order valence-electron chi connectivity index (χ3n) is 8.54. The number of hydrogen-bond acceptors (Lipinski definition) is 6. The summed E-state index contributed by atoms with van der Waals surface area (Å²) in [4.78, 5) is 35.0. The minimum atomic E-state index is -0.242. The normalized spacial score (nSPS) is 25.1. The summed E-state index contributed by atoms with van der Waals surface area (Å²) in [6.45, 7) is 8.45. The minimum Gasteiger partial charge on any atom is -0.335 e. The standard InChI is InChI=1S/C29H40FN5O2S/c1-19-27(20(2)36)38-29(31-19)33-28(37)32-26-12-14-35(25-6-3-7-25)18-23(26)17-34-13-4-5-22(16-34)15-21-8-10-24(30)11-9-21/h8-11,22-23,25-26H,3-7,12-18H2,1-2H3,(H2,31,32,33,37)/t22?,23-,26-/m1/s1. The number of carbonyl (C=O) groups is 2. The van der Waals surface area contributed by atoms with Gasteiger partial charge in [0, 0.05) is 51.1 Å². The van der Waals surface area contributed by atoms with Gasteiger partial charge in [0.25, 0.3) is 0 Å². The number of carbonyl (C=O) groups excluding carboxylic acids is 2. The van der Waals surface area contributed by atoms with Crippen LogP contribution in [0.2, 0.25) is 0 Å². The number of nitrogens with zero attached hydrogens (tertiary/aromatic N) is 3. The average Bonchev–Trinajstić information content (AvgIpc) is 3.21. The smallest absolute Gasteiger partial charge is 0.321 e. The van der Waals surface area contributed by atoms with Gasteiger partial charge in [-0.2, -0.15) is 0 Å². The molecule has 0 spiro atoms. The topological polar surface area (TPSA) is 77.6 Å². The highest BCUT2D eigenvalue weighted by atomic mass is 32.1. The minimum absolute atomic E-state index is 0.0313. The second kappa shape index (κ2) is 12.2. The van der Waals surface area contributed by atoms with E-state index in [2.05, 4.69) is 25.4 Å². The van der Waals surface area contributed by atoms with Crippen molar-refractivity contribution in [3.8, 4) is 0 Å². The van der Waals surface area contributed by atoms with Crippen LogP contribution >= 0.6 is 11.3 Å². The van der Waals surface area contributed by atoms with Gasteiger partial charge in [0.15, 0.2) is 10.9 Å².